The molecule has 0 amide bonds. The van der Waals surface area contributed by atoms with E-state index < -0.39 is 5.97 Å². The lowest BCUT2D eigenvalue weighted by molar-refractivity contribution is 0.0499. The minimum Gasteiger partial charge on any atom is -0.497 e. The van der Waals surface area contributed by atoms with E-state index in [9.17, 15) is 9.59 Å². The summed E-state index contributed by atoms with van der Waals surface area (Å²) < 4.78 is 16.6. The molecule has 1 aromatic heterocycles. The zero-order chi connectivity index (χ0) is 24.2. The number of carbonyl (C=O) groups excluding carboxylic acids is 2. The molecule has 34 heavy (non-hydrogen) atoms. The first kappa shape index (κ1) is 23.2. The summed E-state index contributed by atoms with van der Waals surface area (Å²) in [4.78, 5) is 30.6. The minimum absolute atomic E-state index is 0.377. The molecule has 0 atom stereocenters. The van der Waals surface area contributed by atoms with Crippen LogP contribution in [-0.4, -0.2) is 30.6 Å². The number of fused-ring (bicyclic) bond motifs is 2. The summed E-state index contributed by atoms with van der Waals surface area (Å²) in [5.74, 6) is 0.219. The van der Waals surface area contributed by atoms with Crippen molar-refractivity contribution >= 4 is 33.7 Å². The SMILES string of the molecule is CCCCOC(=O)c1cc(C)c(OC(=O)c2c3ccccc3nc3cc(OC)ccc23)c(C)c1. The molecule has 6 nitrogen and oxygen atoms in total. The Bertz CT molecular complexity index is 1370. The van der Waals surface area contributed by atoms with Crippen molar-refractivity contribution in [2.75, 3.05) is 13.7 Å². The molecule has 0 fully saturated rings. The highest BCUT2D eigenvalue weighted by Crippen LogP contribution is 2.31. The molecule has 0 aliphatic heterocycles. The fraction of sp³-hybridized carbons (Fsp3) is 0.250. The number of carbonyl (C=O) groups is 2. The monoisotopic (exact) mass is 457 g/mol. The van der Waals surface area contributed by atoms with Gasteiger partial charge in [-0.2, -0.15) is 0 Å². The molecule has 3 aromatic carbocycles. The van der Waals surface area contributed by atoms with Crippen molar-refractivity contribution in [1.82, 2.24) is 4.98 Å². The van der Waals surface area contributed by atoms with Crippen molar-refractivity contribution in [2.24, 2.45) is 0 Å². The zero-order valence-electron chi connectivity index (χ0n) is 19.8. The predicted octanol–water partition coefficient (Wildman–Crippen LogP) is 6.19. The number of hydrogen-bond acceptors (Lipinski definition) is 6. The fourth-order valence-electron chi connectivity index (χ4n) is 3.99. The highest BCUT2D eigenvalue weighted by molar-refractivity contribution is 6.15. The van der Waals surface area contributed by atoms with Crippen LogP contribution in [0, 0.1) is 13.8 Å². The lowest BCUT2D eigenvalue weighted by atomic mass is 10.0. The maximum atomic E-state index is 13.5. The number of benzene rings is 3. The molecule has 6 heteroatoms. The summed E-state index contributed by atoms with van der Waals surface area (Å²) >= 11 is 0. The van der Waals surface area contributed by atoms with Crippen LogP contribution in [0.3, 0.4) is 0 Å². The average molecular weight is 458 g/mol. The number of ether oxygens (including phenoxy) is 3. The predicted molar refractivity (Wildman–Crippen MR) is 132 cm³/mol. The normalized spacial score (nSPS) is 10.9. The molecule has 0 unspecified atom stereocenters. The Kier molecular flexibility index (Phi) is 6.77. The Labute approximate surface area is 198 Å². The molecule has 1 heterocycles. The molecule has 4 aromatic rings. The van der Waals surface area contributed by atoms with Crippen molar-refractivity contribution in [2.45, 2.75) is 33.6 Å². The smallest absolute Gasteiger partial charge is 0.344 e. The molecule has 0 spiro atoms. The van der Waals surface area contributed by atoms with E-state index in [0.29, 0.717) is 62.2 Å². The number of para-hydroxylation sites is 1. The third-order valence-electron chi connectivity index (χ3n) is 5.71. The number of unbranched alkanes of at least 4 members (excludes halogenated alkanes) is 1. The molecule has 0 radical (unpaired) electrons. The maximum absolute atomic E-state index is 13.5. The number of nitrogens with zero attached hydrogens (tertiary/aromatic N) is 1. The first-order chi connectivity index (χ1) is 16.4. The summed E-state index contributed by atoms with van der Waals surface area (Å²) in [7, 11) is 1.59. The molecule has 0 aliphatic rings. The third kappa shape index (κ3) is 4.57. The summed E-state index contributed by atoms with van der Waals surface area (Å²) in [5, 5.41) is 1.38. The van der Waals surface area contributed by atoms with E-state index in [1.165, 1.54) is 0 Å². The molecule has 0 aliphatic carbocycles. The first-order valence-corrected chi connectivity index (χ1v) is 11.3. The van der Waals surface area contributed by atoms with Gasteiger partial charge in [-0.05, 0) is 61.7 Å². The molecule has 4 rings (SSSR count). The highest BCUT2D eigenvalue weighted by Gasteiger charge is 2.21. The number of rotatable bonds is 7. The Morgan fingerprint density at radius 3 is 2.29 bits per heavy atom. The zero-order valence-corrected chi connectivity index (χ0v) is 19.8. The lowest BCUT2D eigenvalue weighted by Crippen LogP contribution is -2.13. The minimum atomic E-state index is -0.488. The van der Waals surface area contributed by atoms with Gasteiger partial charge in [-0.15, -0.1) is 0 Å². The second-order valence-corrected chi connectivity index (χ2v) is 8.21. The number of esters is 2. The van der Waals surface area contributed by atoms with Gasteiger partial charge in [0.15, 0.2) is 0 Å². The van der Waals surface area contributed by atoms with Crippen LogP contribution in [0.4, 0.5) is 0 Å². The largest absolute Gasteiger partial charge is 0.497 e. The van der Waals surface area contributed by atoms with Crippen LogP contribution in [0.2, 0.25) is 0 Å². The van der Waals surface area contributed by atoms with Crippen molar-refractivity contribution in [3.05, 3.63) is 76.9 Å². The second kappa shape index (κ2) is 9.91. The fourth-order valence-corrected chi connectivity index (χ4v) is 3.99. The van der Waals surface area contributed by atoms with Gasteiger partial charge < -0.3 is 14.2 Å². The van der Waals surface area contributed by atoms with Crippen LogP contribution in [-0.2, 0) is 4.74 Å². The quantitative estimate of drug-likeness (QED) is 0.143. The molecule has 0 bridgehead atoms. The van der Waals surface area contributed by atoms with Gasteiger partial charge in [-0.25, -0.2) is 14.6 Å². The van der Waals surface area contributed by atoms with Gasteiger partial charge in [0, 0.05) is 16.8 Å². The standard InChI is InChI=1S/C28H27NO5/c1-5-6-13-33-27(30)19-14-17(2)26(18(3)15-19)34-28(31)25-21-9-7-8-10-23(21)29-24-16-20(32-4)11-12-22(24)25/h7-12,14-16H,5-6,13H2,1-4H3. The highest BCUT2D eigenvalue weighted by atomic mass is 16.5. The van der Waals surface area contributed by atoms with Crippen molar-refractivity contribution in [3.8, 4) is 11.5 Å². The van der Waals surface area contributed by atoms with Crippen LogP contribution < -0.4 is 9.47 Å². The van der Waals surface area contributed by atoms with E-state index >= 15 is 0 Å². The third-order valence-corrected chi connectivity index (χ3v) is 5.71. The number of methoxy groups -OCH3 is 1. The van der Waals surface area contributed by atoms with Crippen molar-refractivity contribution in [1.29, 1.82) is 0 Å². The van der Waals surface area contributed by atoms with Gasteiger partial charge in [0.1, 0.15) is 11.5 Å². The Morgan fingerprint density at radius 1 is 0.882 bits per heavy atom. The Balaban J connectivity index is 1.72. The van der Waals surface area contributed by atoms with Crippen LogP contribution >= 0.6 is 0 Å². The first-order valence-electron chi connectivity index (χ1n) is 11.3. The van der Waals surface area contributed by atoms with E-state index in [1.807, 2.05) is 51.1 Å². The van der Waals surface area contributed by atoms with E-state index in [2.05, 4.69) is 0 Å². The molecule has 174 valence electrons. The summed E-state index contributed by atoms with van der Waals surface area (Å²) in [6.45, 7) is 6.05. The molecule has 0 N–H and O–H groups in total. The van der Waals surface area contributed by atoms with Crippen LogP contribution in [0.1, 0.15) is 51.6 Å². The van der Waals surface area contributed by atoms with Gasteiger partial charge in [-0.1, -0.05) is 31.5 Å². The van der Waals surface area contributed by atoms with E-state index in [4.69, 9.17) is 19.2 Å². The molecule has 0 saturated carbocycles. The van der Waals surface area contributed by atoms with Gasteiger partial charge in [0.2, 0.25) is 0 Å². The second-order valence-electron chi connectivity index (χ2n) is 8.21. The number of hydrogen-bond donors (Lipinski definition) is 0. The Morgan fingerprint density at radius 2 is 1.59 bits per heavy atom. The van der Waals surface area contributed by atoms with Gasteiger partial charge in [-0.3, -0.25) is 0 Å². The topological polar surface area (TPSA) is 74.7 Å². The summed E-state index contributed by atoms with van der Waals surface area (Å²) in [5.41, 5.74) is 3.57. The van der Waals surface area contributed by atoms with Crippen molar-refractivity contribution in [3.63, 3.8) is 0 Å². The molecular weight excluding hydrogens is 430 g/mol. The maximum Gasteiger partial charge on any atom is 0.344 e. The molecule has 0 saturated heterocycles. The van der Waals surface area contributed by atoms with Crippen molar-refractivity contribution < 1.29 is 23.8 Å². The van der Waals surface area contributed by atoms with Gasteiger partial charge in [0.25, 0.3) is 0 Å². The summed E-state index contributed by atoms with van der Waals surface area (Å²) in [6.07, 6.45) is 1.77. The van der Waals surface area contributed by atoms with E-state index in [1.54, 1.807) is 31.4 Å². The van der Waals surface area contributed by atoms with Crippen LogP contribution in [0.25, 0.3) is 21.8 Å². The lowest BCUT2D eigenvalue weighted by Gasteiger charge is -2.15. The number of aryl methyl sites for hydroxylation is 2. The van der Waals surface area contributed by atoms with E-state index in [0.717, 1.165) is 12.8 Å². The molecular formula is C28H27NO5. The van der Waals surface area contributed by atoms with Gasteiger partial charge in [0.05, 0.1) is 35.9 Å². The van der Waals surface area contributed by atoms with Gasteiger partial charge >= 0.3 is 11.9 Å². The van der Waals surface area contributed by atoms with E-state index in [-0.39, 0.29) is 5.97 Å². The van der Waals surface area contributed by atoms with Crippen LogP contribution in [0.15, 0.2) is 54.6 Å². The average Bonchev–Trinajstić information content (AvgIpc) is 2.84. The summed E-state index contributed by atoms with van der Waals surface area (Å²) in [6, 6.07) is 16.3. The number of pyridine rings is 1. The number of aromatic nitrogens is 1. The Hall–Kier alpha value is -3.93. The van der Waals surface area contributed by atoms with Crippen LogP contribution in [0.5, 0.6) is 11.5 Å².